The summed E-state index contributed by atoms with van der Waals surface area (Å²) in [6, 6.07) is 9.95. The summed E-state index contributed by atoms with van der Waals surface area (Å²) >= 11 is 0. The molecule has 35 heavy (non-hydrogen) atoms. The maximum absolute atomic E-state index is 15.0. The molecule has 0 aromatic heterocycles. The van der Waals surface area contributed by atoms with E-state index < -0.39 is 35.2 Å². The minimum Gasteiger partial charge on any atom is -0.491 e. The molecule has 3 aromatic rings. The van der Waals surface area contributed by atoms with Crippen molar-refractivity contribution in [1.29, 1.82) is 0 Å². The molecule has 1 fully saturated rings. The Balaban J connectivity index is 1.50. The minimum atomic E-state index is -1.11. The average Bonchev–Trinajstić information content (AvgIpc) is 2.84. The average molecular weight is 491 g/mol. The first-order valence-electron chi connectivity index (χ1n) is 11.8. The zero-order chi connectivity index (χ0) is 25.3. The van der Waals surface area contributed by atoms with E-state index in [0.29, 0.717) is 31.2 Å². The van der Waals surface area contributed by atoms with Gasteiger partial charge in [0.05, 0.1) is 12.7 Å². The fourth-order valence-corrected chi connectivity index (χ4v) is 4.98. The van der Waals surface area contributed by atoms with E-state index in [1.54, 1.807) is 19.1 Å². The molecule has 7 heteroatoms. The van der Waals surface area contributed by atoms with Gasteiger partial charge in [0.25, 0.3) is 0 Å². The molecule has 1 unspecified atom stereocenters. The lowest BCUT2D eigenvalue weighted by Crippen LogP contribution is -2.15. The van der Waals surface area contributed by atoms with Gasteiger partial charge >= 0.3 is 0 Å². The van der Waals surface area contributed by atoms with Crippen molar-refractivity contribution in [3.05, 3.63) is 88.2 Å². The molecule has 0 saturated heterocycles. The lowest BCUT2D eigenvalue weighted by Gasteiger charge is -2.30. The van der Waals surface area contributed by atoms with Crippen LogP contribution in [0, 0.1) is 29.1 Å². The maximum atomic E-state index is 15.0. The molecule has 0 radical (unpaired) electrons. The number of hydrogen-bond acceptors (Lipinski definition) is 2. The highest BCUT2D eigenvalue weighted by Crippen LogP contribution is 2.43. The Morgan fingerprint density at radius 3 is 2.03 bits per heavy atom. The van der Waals surface area contributed by atoms with Crippen LogP contribution in [0.5, 0.6) is 5.75 Å². The predicted molar refractivity (Wildman–Crippen MR) is 124 cm³/mol. The molecule has 1 saturated carbocycles. The largest absolute Gasteiger partial charge is 0.491 e. The first-order valence-corrected chi connectivity index (χ1v) is 11.8. The van der Waals surface area contributed by atoms with E-state index in [-0.39, 0.29) is 46.4 Å². The molecule has 2 nitrogen and oxygen atoms in total. The molecule has 1 aliphatic rings. The second-order valence-electron chi connectivity index (χ2n) is 9.01. The Labute approximate surface area is 201 Å². The number of ether oxygens (including phenoxy) is 1. The van der Waals surface area contributed by atoms with Crippen molar-refractivity contribution in [3.63, 3.8) is 0 Å². The van der Waals surface area contributed by atoms with Crippen LogP contribution < -0.4 is 4.74 Å². The van der Waals surface area contributed by atoms with Crippen LogP contribution in [0.25, 0.3) is 11.1 Å². The van der Waals surface area contributed by atoms with Gasteiger partial charge in [-0.05, 0) is 86.3 Å². The smallest absolute Gasteiger partial charge is 0.201 e. The summed E-state index contributed by atoms with van der Waals surface area (Å²) < 4.78 is 77.8. The van der Waals surface area contributed by atoms with E-state index >= 15 is 4.39 Å². The van der Waals surface area contributed by atoms with Gasteiger partial charge in [0.2, 0.25) is 5.82 Å². The Bertz CT molecular complexity index is 1220. The summed E-state index contributed by atoms with van der Waals surface area (Å²) in [5, 5.41) is 9.58. The molecule has 1 N–H and O–H groups in total. The van der Waals surface area contributed by atoms with Crippen LogP contribution >= 0.6 is 0 Å². The third kappa shape index (κ3) is 4.92. The number of aliphatic hydroxyl groups excluding tert-OH is 1. The van der Waals surface area contributed by atoms with Crippen molar-refractivity contribution < 1.29 is 31.8 Å². The van der Waals surface area contributed by atoms with Crippen LogP contribution in [0.4, 0.5) is 22.0 Å². The van der Waals surface area contributed by atoms with Crippen LogP contribution in [0.15, 0.2) is 42.5 Å². The summed E-state index contributed by atoms with van der Waals surface area (Å²) in [4.78, 5) is 0. The number of aliphatic hydroxyl groups is 1. The number of benzene rings is 3. The van der Waals surface area contributed by atoms with Crippen LogP contribution in [-0.2, 0) is 0 Å². The molecule has 186 valence electrons. The minimum absolute atomic E-state index is 0.0572. The van der Waals surface area contributed by atoms with E-state index in [1.807, 2.05) is 0 Å². The van der Waals surface area contributed by atoms with Crippen molar-refractivity contribution in [1.82, 2.24) is 0 Å². The van der Waals surface area contributed by atoms with Crippen LogP contribution in [0.3, 0.4) is 0 Å². The van der Waals surface area contributed by atoms with Gasteiger partial charge in [0.15, 0.2) is 23.2 Å². The Kier molecular flexibility index (Phi) is 7.45. The van der Waals surface area contributed by atoms with Gasteiger partial charge in [-0.2, -0.15) is 4.39 Å². The molecule has 0 amide bonds. The van der Waals surface area contributed by atoms with Crippen molar-refractivity contribution in [3.8, 4) is 16.9 Å². The number of rotatable bonds is 6. The summed E-state index contributed by atoms with van der Waals surface area (Å²) in [6.07, 6.45) is 1.15. The third-order valence-electron chi connectivity index (χ3n) is 6.86. The van der Waals surface area contributed by atoms with E-state index in [9.17, 15) is 22.7 Å². The van der Waals surface area contributed by atoms with Gasteiger partial charge in [0, 0.05) is 11.1 Å². The Morgan fingerprint density at radius 2 is 1.43 bits per heavy atom. The topological polar surface area (TPSA) is 29.5 Å². The molecular weight excluding hydrogens is 463 g/mol. The van der Waals surface area contributed by atoms with E-state index in [1.165, 1.54) is 37.3 Å². The summed E-state index contributed by atoms with van der Waals surface area (Å²) in [7, 11) is 0. The molecule has 4 rings (SSSR count). The second-order valence-corrected chi connectivity index (χ2v) is 9.01. The highest BCUT2D eigenvalue weighted by molar-refractivity contribution is 5.66. The molecule has 3 aromatic carbocycles. The van der Waals surface area contributed by atoms with Crippen molar-refractivity contribution in [2.75, 3.05) is 6.61 Å². The van der Waals surface area contributed by atoms with E-state index in [4.69, 9.17) is 4.74 Å². The second kappa shape index (κ2) is 10.4. The highest BCUT2D eigenvalue weighted by atomic mass is 19.2. The molecular formula is C28H27F5O2. The normalized spacial score (nSPS) is 19.0. The molecule has 0 aliphatic heterocycles. The van der Waals surface area contributed by atoms with Gasteiger partial charge in [-0.3, -0.25) is 0 Å². The molecule has 1 atom stereocenters. The standard InChI is InChI=1S/C28H27F5O2/c1-3-35-24-13-12-22(27(32)28(24)33)18-8-9-20(23(29)14-18)16-4-6-17(7-5-16)21-11-10-19(15(2)34)25(30)26(21)31/h8-17,34H,3-7H2,1-2H3. The first-order chi connectivity index (χ1) is 16.7. The first kappa shape index (κ1) is 25.2. The third-order valence-corrected chi connectivity index (χ3v) is 6.86. The van der Waals surface area contributed by atoms with Crippen molar-refractivity contribution in [2.24, 2.45) is 0 Å². The summed E-state index contributed by atoms with van der Waals surface area (Å²) in [6.45, 7) is 3.23. The predicted octanol–water partition coefficient (Wildman–Crippen LogP) is 7.94. The van der Waals surface area contributed by atoms with Crippen LogP contribution in [-0.4, -0.2) is 11.7 Å². The quantitative estimate of drug-likeness (QED) is 0.356. The molecule has 0 bridgehead atoms. The van der Waals surface area contributed by atoms with E-state index in [0.717, 1.165) is 0 Å². The SMILES string of the molecule is CCOc1ccc(-c2ccc(C3CCC(c4ccc(C(C)O)c(F)c4F)CC3)c(F)c2)c(F)c1F. The fraction of sp³-hybridized carbons (Fsp3) is 0.357. The zero-order valence-electron chi connectivity index (χ0n) is 19.6. The van der Waals surface area contributed by atoms with Gasteiger partial charge in [-0.1, -0.05) is 24.3 Å². The lowest BCUT2D eigenvalue weighted by atomic mass is 9.75. The lowest BCUT2D eigenvalue weighted by molar-refractivity contribution is 0.192. The summed E-state index contributed by atoms with van der Waals surface area (Å²) in [5.41, 5.74) is 0.823. The summed E-state index contributed by atoms with van der Waals surface area (Å²) in [5.74, 6) is -5.21. The number of halogens is 5. The van der Waals surface area contributed by atoms with Gasteiger partial charge in [0.1, 0.15) is 5.82 Å². The Morgan fingerprint density at radius 1 is 0.800 bits per heavy atom. The van der Waals surface area contributed by atoms with Gasteiger partial charge in [-0.15, -0.1) is 0 Å². The van der Waals surface area contributed by atoms with Gasteiger partial charge < -0.3 is 9.84 Å². The molecule has 1 aliphatic carbocycles. The van der Waals surface area contributed by atoms with Crippen LogP contribution in [0.2, 0.25) is 0 Å². The number of hydrogen-bond donors (Lipinski definition) is 1. The monoisotopic (exact) mass is 490 g/mol. The zero-order valence-corrected chi connectivity index (χ0v) is 19.6. The maximum Gasteiger partial charge on any atom is 0.201 e. The molecule has 0 spiro atoms. The molecule has 0 heterocycles. The van der Waals surface area contributed by atoms with Crippen molar-refractivity contribution in [2.45, 2.75) is 57.5 Å². The Hall–Kier alpha value is -2.93. The van der Waals surface area contributed by atoms with Crippen molar-refractivity contribution >= 4 is 0 Å². The van der Waals surface area contributed by atoms with Crippen LogP contribution in [0.1, 0.15) is 74.2 Å². The fourth-order valence-electron chi connectivity index (χ4n) is 4.98. The van der Waals surface area contributed by atoms with Gasteiger partial charge in [-0.25, -0.2) is 17.6 Å². The van der Waals surface area contributed by atoms with E-state index in [2.05, 4.69) is 0 Å². The highest BCUT2D eigenvalue weighted by Gasteiger charge is 2.29.